The normalized spacial score (nSPS) is 24.1. The first kappa shape index (κ1) is 22.6. The minimum absolute atomic E-state index is 0.160. The highest BCUT2D eigenvalue weighted by molar-refractivity contribution is 5.88. The molecule has 1 unspecified atom stereocenters. The lowest BCUT2D eigenvalue weighted by molar-refractivity contribution is -0.133. The zero-order valence-electron chi connectivity index (χ0n) is 20.1. The fourth-order valence-corrected chi connectivity index (χ4v) is 5.06. The number of piperazine rings is 1. The fourth-order valence-electron chi connectivity index (χ4n) is 5.06. The number of amides is 2. The zero-order valence-corrected chi connectivity index (χ0v) is 20.1. The topological polar surface area (TPSA) is 99.7 Å². The number of carbonyl (C=O) groups is 2. The molecule has 2 aromatic rings. The maximum atomic E-state index is 13.8. The first-order valence-electron chi connectivity index (χ1n) is 12.0. The summed E-state index contributed by atoms with van der Waals surface area (Å²) in [4.78, 5) is 38.6. The molecule has 2 fully saturated rings. The number of aryl methyl sites for hydroxylation is 1. The molecule has 5 rings (SSSR count). The lowest BCUT2D eigenvalue weighted by atomic mass is 9.95. The first-order chi connectivity index (χ1) is 16.3. The van der Waals surface area contributed by atoms with Crippen molar-refractivity contribution >= 4 is 23.6 Å². The predicted octanol–water partition coefficient (Wildman–Crippen LogP) is 2.98. The number of benzene rings is 1. The van der Waals surface area contributed by atoms with Crippen LogP contribution in [0.5, 0.6) is 0 Å². The van der Waals surface area contributed by atoms with Gasteiger partial charge < -0.3 is 19.9 Å². The van der Waals surface area contributed by atoms with Gasteiger partial charge in [0.05, 0.1) is 23.6 Å². The van der Waals surface area contributed by atoms with Crippen molar-refractivity contribution in [2.75, 3.05) is 29.9 Å². The molecule has 4 atom stereocenters. The molecule has 1 aromatic heterocycles. The number of cyclic esters (lactones) is 1. The Bertz CT molecular complexity index is 1090. The number of carbonyl (C=O) groups excluding carboxylic acids is 2. The van der Waals surface area contributed by atoms with Crippen LogP contribution in [0, 0.1) is 6.92 Å². The molecular formula is C25H32N6O3. The number of nitrogens with one attached hydrogen (secondary N) is 2. The second-order valence-electron chi connectivity index (χ2n) is 9.75. The summed E-state index contributed by atoms with van der Waals surface area (Å²) in [6, 6.07) is 8.96. The molecule has 2 amide bonds. The smallest absolute Gasteiger partial charge is 0.413 e. The number of anilines is 2. The van der Waals surface area contributed by atoms with Crippen molar-refractivity contribution in [3.05, 3.63) is 47.3 Å². The Morgan fingerprint density at radius 3 is 2.71 bits per heavy atom. The molecule has 2 aliphatic heterocycles. The van der Waals surface area contributed by atoms with Gasteiger partial charge in [-0.15, -0.1) is 0 Å². The highest BCUT2D eigenvalue weighted by atomic mass is 16.6. The molecule has 0 radical (unpaired) electrons. The predicted molar refractivity (Wildman–Crippen MR) is 129 cm³/mol. The summed E-state index contributed by atoms with van der Waals surface area (Å²) >= 11 is 0. The number of hydrogen-bond acceptors (Lipinski definition) is 7. The second kappa shape index (κ2) is 8.87. The quantitative estimate of drug-likeness (QED) is 0.678. The average Bonchev–Trinajstić information content (AvgIpc) is 3.60. The zero-order chi connectivity index (χ0) is 24.0. The number of rotatable bonds is 6. The molecule has 9 heteroatoms. The maximum absolute atomic E-state index is 13.8. The van der Waals surface area contributed by atoms with E-state index < -0.39 is 12.2 Å². The summed E-state index contributed by atoms with van der Waals surface area (Å²) in [5, 5.41) is 6.14. The molecule has 3 heterocycles. The SMILES string of the molecule is Cc1ccc([C@@H](CNC(C)C)C(=O)N2CCN(c3ncnc4c3[C@@H](C)OC(=O)N4)[C@H]3CC32)cc1. The van der Waals surface area contributed by atoms with Crippen molar-refractivity contribution in [2.45, 2.75) is 64.3 Å². The van der Waals surface area contributed by atoms with E-state index in [2.05, 4.69) is 75.4 Å². The van der Waals surface area contributed by atoms with Crippen molar-refractivity contribution in [3.63, 3.8) is 0 Å². The van der Waals surface area contributed by atoms with Gasteiger partial charge in [-0.1, -0.05) is 43.7 Å². The van der Waals surface area contributed by atoms with Gasteiger partial charge >= 0.3 is 6.09 Å². The van der Waals surface area contributed by atoms with Crippen LogP contribution < -0.4 is 15.5 Å². The Morgan fingerprint density at radius 1 is 1.21 bits per heavy atom. The second-order valence-corrected chi connectivity index (χ2v) is 9.75. The van der Waals surface area contributed by atoms with E-state index >= 15 is 0 Å². The van der Waals surface area contributed by atoms with Gasteiger partial charge in [0, 0.05) is 25.7 Å². The Hall–Kier alpha value is -3.20. The van der Waals surface area contributed by atoms with Crippen LogP contribution in [-0.4, -0.2) is 64.6 Å². The molecule has 34 heavy (non-hydrogen) atoms. The number of fused-ring (bicyclic) bond motifs is 2. The highest BCUT2D eigenvalue weighted by Crippen LogP contribution is 2.44. The van der Waals surface area contributed by atoms with Crippen LogP contribution in [0.3, 0.4) is 0 Å². The van der Waals surface area contributed by atoms with Crippen LogP contribution in [0.25, 0.3) is 0 Å². The summed E-state index contributed by atoms with van der Waals surface area (Å²) in [5.41, 5.74) is 3.03. The van der Waals surface area contributed by atoms with Crippen molar-refractivity contribution in [2.24, 2.45) is 0 Å². The van der Waals surface area contributed by atoms with Crippen molar-refractivity contribution in [1.29, 1.82) is 0 Å². The third kappa shape index (κ3) is 4.20. The van der Waals surface area contributed by atoms with E-state index in [0.717, 1.165) is 23.4 Å². The maximum Gasteiger partial charge on any atom is 0.413 e. The third-order valence-electron chi connectivity index (χ3n) is 6.94. The van der Waals surface area contributed by atoms with E-state index in [0.29, 0.717) is 31.5 Å². The van der Waals surface area contributed by atoms with Crippen molar-refractivity contribution in [1.82, 2.24) is 20.2 Å². The number of hydrogen-bond donors (Lipinski definition) is 2. The van der Waals surface area contributed by atoms with Crippen LogP contribution in [0.2, 0.25) is 0 Å². The standard InChI is InChI=1S/C25H32N6O3/c1-14(2)26-12-18(17-7-5-15(3)6-8-17)24(32)31-10-9-30(19-11-20(19)31)23-21-16(4)34-25(33)29-22(21)27-13-28-23/h5-8,13-14,16,18-20,26H,9-12H2,1-4H3,(H,27,28,29,33)/t16-,18-,19+,20?/m1/s1. The number of aromatic nitrogens is 2. The van der Waals surface area contributed by atoms with E-state index in [4.69, 9.17) is 4.74 Å². The Morgan fingerprint density at radius 2 is 1.97 bits per heavy atom. The van der Waals surface area contributed by atoms with Crippen LogP contribution >= 0.6 is 0 Å². The highest BCUT2D eigenvalue weighted by Gasteiger charge is 2.52. The Labute approximate surface area is 199 Å². The van der Waals surface area contributed by atoms with Gasteiger partial charge in [0.15, 0.2) is 0 Å². The monoisotopic (exact) mass is 464 g/mol. The summed E-state index contributed by atoms with van der Waals surface area (Å²) < 4.78 is 5.36. The molecule has 1 aliphatic carbocycles. The van der Waals surface area contributed by atoms with Crippen LogP contribution in [-0.2, 0) is 9.53 Å². The lowest BCUT2D eigenvalue weighted by Crippen LogP contribution is -2.51. The molecule has 180 valence electrons. The van der Waals surface area contributed by atoms with Gasteiger partial charge in [-0.25, -0.2) is 14.8 Å². The van der Waals surface area contributed by atoms with E-state index in [-0.39, 0.29) is 23.9 Å². The largest absolute Gasteiger partial charge is 0.441 e. The molecule has 3 aliphatic rings. The molecule has 1 aromatic carbocycles. The minimum atomic E-state index is -0.499. The third-order valence-corrected chi connectivity index (χ3v) is 6.94. The van der Waals surface area contributed by atoms with E-state index in [9.17, 15) is 9.59 Å². The molecule has 1 saturated carbocycles. The van der Waals surface area contributed by atoms with Crippen molar-refractivity contribution in [3.8, 4) is 0 Å². The summed E-state index contributed by atoms with van der Waals surface area (Å²) in [6.45, 7) is 10.0. The van der Waals surface area contributed by atoms with Crippen LogP contribution in [0.1, 0.15) is 55.9 Å². The molecular weight excluding hydrogens is 432 g/mol. The van der Waals surface area contributed by atoms with Gasteiger partial charge in [-0.2, -0.15) is 0 Å². The van der Waals surface area contributed by atoms with E-state index in [1.54, 1.807) is 0 Å². The minimum Gasteiger partial charge on any atom is -0.441 e. The Kier molecular flexibility index (Phi) is 5.89. The summed E-state index contributed by atoms with van der Waals surface area (Å²) in [6.07, 6.45) is 1.46. The van der Waals surface area contributed by atoms with Crippen LogP contribution in [0.15, 0.2) is 30.6 Å². The molecule has 1 saturated heterocycles. The first-order valence-corrected chi connectivity index (χ1v) is 12.0. The van der Waals surface area contributed by atoms with Crippen molar-refractivity contribution < 1.29 is 14.3 Å². The fraction of sp³-hybridized carbons (Fsp3) is 0.520. The number of nitrogens with zero attached hydrogens (tertiary/aromatic N) is 4. The molecule has 0 bridgehead atoms. The Balaban J connectivity index is 1.35. The molecule has 2 N–H and O–H groups in total. The van der Waals surface area contributed by atoms with E-state index in [1.165, 1.54) is 11.9 Å². The van der Waals surface area contributed by atoms with Crippen LogP contribution in [0.4, 0.5) is 16.4 Å². The summed E-state index contributed by atoms with van der Waals surface area (Å²) in [5.74, 6) is 1.25. The number of ether oxygens (including phenoxy) is 1. The lowest BCUT2D eigenvalue weighted by Gasteiger charge is -2.38. The van der Waals surface area contributed by atoms with Gasteiger partial charge in [0.1, 0.15) is 24.1 Å². The van der Waals surface area contributed by atoms with Gasteiger partial charge in [-0.05, 0) is 25.8 Å². The van der Waals surface area contributed by atoms with Gasteiger partial charge in [0.25, 0.3) is 0 Å². The molecule has 0 spiro atoms. The van der Waals surface area contributed by atoms with E-state index in [1.807, 2.05) is 6.92 Å². The summed E-state index contributed by atoms with van der Waals surface area (Å²) in [7, 11) is 0. The van der Waals surface area contributed by atoms with Gasteiger partial charge in [0.2, 0.25) is 5.91 Å². The molecule has 9 nitrogen and oxygen atoms in total. The average molecular weight is 465 g/mol. The van der Waals surface area contributed by atoms with Gasteiger partial charge in [-0.3, -0.25) is 10.1 Å².